The fourth-order valence-corrected chi connectivity index (χ4v) is 2.20. The molecular weight excluding hydrogens is 193 g/mol. The molecule has 1 aromatic carbocycles. The molecule has 2 nitrogen and oxygen atoms in total. The Kier molecular flexibility index (Phi) is 1.83. The quantitative estimate of drug-likeness (QED) is 0.702. The number of ether oxygens (including phenoxy) is 1. The van der Waals surface area contributed by atoms with E-state index in [1.54, 1.807) is 12.1 Å². The van der Waals surface area contributed by atoms with Gasteiger partial charge in [-0.3, -0.25) is 0 Å². The first-order valence-electron chi connectivity index (χ1n) is 5.14. The Labute approximate surface area is 87.1 Å². The topological polar surface area (TPSA) is 25.0 Å². The average molecular weight is 205 g/mol. The molecule has 1 aromatic heterocycles. The molecule has 0 saturated carbocycles. The Bertz CT molecular complexity index is 518. The van der Waals surface area contributed by atoms with Crippen LogP contribution in [0.1, 0.15) is 18.2 Å². The molecule has 1 atom stereocenters. The van der Waals surface area contributed by atoms with Crippen LogP contribution in [0.4, 0.5) is 4.39 Å². The van der Waals surface area contributed by atoms with E-state index in [1.807, 2.05) is 6.92 Å². The largest absolute Gasteiger partial charge is 0.372 e. The number of fused-ring (bicyclic) bond motifs is 3. The molecule has 2 heterocycles. The minimum absolute atomic E-state index is 0.177. The van der Waals surface area contributed by atoms with E-state index >= 15 is 0 Å². The summed E-state index contributed by atoms with van der Waals surface area (Å²) in [5.74, 6) is -0.177. The highest BCUT2D eigenvalue weighted by Gasteiger charge is 2.20. The van der Waals surface area contributed by atoms with E-state index in [-0.39, 0.29) is 11.9 Å². The molecule has 15 heavy (non-hydrogen) atoms. The monoisotopic (exact) mass is 205 g/mol. The summed E-state index contributed by atoms with van der Waals surface area (Å²) in [6, 6.07) is 4.87. The molecule has 0 radical (unpaired) electrons. The summed E-state index contributed by atoms with van der Waals surface area (Å²) >= 11 is 0. The highest BCUT2D eigenvalue weighted by molar-refractivity contribution is 5.84. The number of H-pyrrole nitrogens is 1. The van der Waals surface area contributed by atoms with Gasteiger partial charge in [-0.25, -0.2) is 4.39 Å². The number of halogens is 1. The number of aromatic nitrogens is 1. The van der Waals surface area contributed by atoms with Crippen molar-refractivity contribution in [2.75, 3.05) is 0 Å². The van der Waals surface area contributed by atoms with E-state index in [0.717, 1.165) is 23.0 Å². The average Bonchev–Trinajstić information content (AvgIpc) is 2.56. The fourth-order valence-electron chi connectivity index (χ4n) is 2.20. The van der Waals surface area contributed by atoms with Crippen molar-refractivity contribution in [1.29, 1.82) is 0 Å². The van der Waals surface area contributed by atoms with Gasteiger partial charge < -0.3 is 9.72 Å². The first-order chi connectivity index (χ1) is 7.24. The van der Waals surface area contributed by atoms with Crippen LogP contribution in [0.5, 0.6) is 0 Å². The minimum Gasteiger partial charge on any atom is -0.372 e. The maximum Gasteiger partial charge on any atom is 0.123 e. The van der Waals surface area contributed by atoms with Gasteiger partial charge in [0.1, 0.15) is 5.82 Å². The SMILES string of the molecule is CC1Cc2c([nH]c3ccc(F)cc23)CO1. The molecule has 0 spiro atoms. The lowest BCUT2D eigenvalue weighted by atomic mass is 10.0. The lowest BCUT2D eigenvalue weighted by molar-refractivity contribution is 0.0396. The number of nitrogens with one attached hydrogen (secondary N) is 1. The molecule has 1 unspecified atom stereocenters. The third kappa shape index (κ3) is 1.35. The van der Waals surface area contributed by atoms with Gasteiger partial charge in [-0.15, -0.1) is 0 Å². The Hall–Kier alpha value is -1.35. The Morgan fingerprint density at radius 1 is 1.47 bits per heavy atom. The standard InChI is InChI=1S/C12H12FNO/c1-7-4-9-10-5-8(13)2-3-11(10)14-12(9)6-15-7/h2-3,5,7,14H,4,6H2,1H3. The second-order valence-corrected chi connectivity index (χ2v) is 4.10. The summed E-state index contributed by atoms with van der Waals surface area (Å²) in [5, 5.41) is 1.00. The Morgan fingerprint density at radius 2 is 2.33 bits per heavy atom. The van der Waals surface area contributed by atoms with Crippen LogP contribution in [0, 0.1) is 5.82 Å². The summed E-state index contributed by atoms with van der Waals surface area (Å²) in [7, 11) is 0. The minimum atomic E-state index is -0.177. The van der Waals surface area contributed by atoms with E-state index in [1.165, 1.54) is 11.6 Å². The van der Waals surface area contributed by atoms with E-state index in [4.69, 9.17) is 4.74 Å². The number of rotatable bonds is 0. The molecule has 0 saturated heterocycles. The van der Waals surface area contributed by atoms with Gasteiger partial charge in [-0.2, -0.15) is 0 Å². The van der Waals surface area contributed by atoms with Crippen molar-refractivity contribution >= 4 is 10.9 Å². The van der Waals surface area contributed by atoms with Crippen molar-refractivity contribution in [3.8, 4) is 0 Å². The van der Waals surface area contributed by atoms with Crippen LogP contribution < -0.4 is 0 Å². The molecule has 2 aromatic rings. The zero-order valence-corrected chi connectivity index (χ0v) is 8.51. The van der Waals surface area contributed by atoms with Gasteiger partial charge in [-0.05, 0) is 30.7 Å². The van der Waals surface area contributed by atoms with Crippen LogP contribution >= 0.6 is 0 Å². The molecule has 1 N–H and O–H groups in total. The van der Waals surface area contributed by atoms with Gasteiger partial charge in [0.05, 0.1) is 12.7 Å². The lowest BCUT2D eigenvalue weighted by Crippen LogP contribution is -2.18. The Morgan fingerprint density at radius 3 is 3.20 bits per heavy atom. The zero-order valence-electron chi connectivity index (χ0n) is 8.51. The van der Waals surface area contributed by atoms with Crippen LogP contribution in [0.2, 0.25) is 0 Å². The smallest absolute Gasteiger partial charge is 0.123 e. The predicted molar refractivity (Wildman–Crippen MR) is 56.2 cm³/mol. The zero-order chi connectivity index (χ0) is 10.4. The number of hydrogen-bond acceptors (Lipinski definition) is 1. The third-order valence-corrected chi connectivity index (χ3v) is 2.96. The van der Waals surface area contributed by atoms with E-state index < -0.39 is 0 Å². The van der Waals surface area contributed by atoms with Crippen molar-refractivity contribution in [2.24, 2.45) is 0 Å². The molecule has 0 amide bonds. The van der Waals surface area contributed by atoms with Crippen molar-refractivity contribution < 1.29 is 9.13 Å². The van der Waals surface area contributed by atoms with Gasteiger partial charge in [-0.1, -0.05) is 0 Å². The van der Waals surface area contributed by atoms with Crippen LogP contribution in [-0.4, -0.2) is 11.1 Å². The summed E-state index contributed by atoms with van der Waals surface area (Å²) in [6.07, 6.45) is 1.08. The third-order valence-electron chi connectivity index (χ3n) is 2.96. The molecule has 1 aliphatic rings. The van der Waals surface area contributed by atoms with E-state index in [0.29, 0.717) is 6.61 Å². The highest BCUT2D eigenvalue weighted by Crippen LogP contribution is 2.28. The number of benzene rings is 1. The maximum absolute atomic E-state index is 13.1. The molecule has 0 bridgehead atoms. The van der Waals surface area contributed by atoms with Crippen LogP contribution in [0.25, 0.3) is 10.9 Å². The van der Waals surface area contributed by atoms with E-state index in [2.05, 4.69) is 4.98 Å². The van der Waals surface area contributed by atoms with Crippen LogP contribution in [0.3, 0.4) is 0 Å². The van der Waals surface area contributed by atoms with Gasteiger partial charge in [0.2, 0.25) is 0 Å². The summed E-state index contributed by atoms with van der Waals surface area (Å²) in [5.41, 5.74) is 3.30. The lowest BCUT2D eigenvalue weighted by Gasteiger charge is -2.19. The summed E-state index contributed by atoms with van der Waals surface area (Å²) < 4.78 is 18.7. The highest BCUT2D eigenvalue weighted by atomic mass is 19.1. The normalized spacial score (nSPS) is 20.5. The number of aromatic amines is 1. The van der Waals surface area contributed by atoms with Crippen molar-refractivity contribution in [3.63, 3.8) is 0 Å². The van der Waals surface area contributed by atoms with Crippen LogP contribution in [-0.2, 0) is 17.8 Å². The van der Waals surface area contributed by atoms with Crippen molar-refractivity contribution in [2.45, 2.75) is 26.1 Å². The first-order valence-corrected chi connectivity index (χ1v) is 5.14. The molecule has 0 aliphatic carbocycles. The maximum atomic E-state index is 13.1. The van der Waals surface area contributed by atoms with Crippen molar-refractivity contribution in [3.05, 3.63) is 35.3 Å². The second kappa shape index (κ2) is 3.07. The van der Waals surface area contributed by atoms with Crippen molar-refractivity contribution in [1.82, 2.24) is 4.98 Å². The van der Waals surface area contributed by atoms with Crippen LogP contribution in [0.15, 0.2) is 18.2 Å². The molecule has 78 valence electrons. The molecule has 0 fully saturated rings. The van der Waals surface area contributed by atoms with Gasteiger partial charge in [0.25, 0.3) is 0 Å². The van der Waals surface area contributed by atoms with Gasteiger partial charge in [0, 0.05) is 23.0 Å². The molecule has 1 aliphatic heterocycles. The van der Waals surface area contributed by atoms with Gasteiger partial charge >= 0.3 is 0 Å². The molecule has 3 rings (SSSR count). The molecular formula is C12H12FNO. The summed E-state index contributed by atoms with van der Waals surface area (Å²) in [4.78, 5) is 3.27. The molecule has 3 heteroatoms. The van der Waals surface area contributed by atoms with E-state index in [9.17, 15) is 4.39 Å². The Balaban J connectivity index is 2.25. The fraction of sp³-hybridized carbons (Fsp3) is 0.333. The predicted octanol–water partition coefficient (Wildman–Crippen LogP) is 2.77. The number of hydrogen-bond donors (Lipinski definition) is 1. The summed E-state index contributed by atoms with van der Waals surface area (Å²) in [6.45, 7) is 2.65. The van der Waals surface area contributed by atoms with Gasteiger partial charge in [0.15, 0.2) is 0 Å². The first kappa shape index (κ1) is 8.92. The second-order valence-electron chi connectivity index (χ2n) is 4.10.